The molecule has 1 aromatic rings. The SMILES string of the molecule is CC(C)CNC(=S)NCc1ccncc1. The Kier molecular flexibility index (Phi) is 5.04. The standard InChI is InChI=1S/C11H17N3S/c1-9(2)7-13-11(15)14-8-10-3-5-12-6-4-10/h3-6,9H,7-8H2,1-2H3,(H2,13,14,15). The molecule has 0 amide bonds. The van der Waals surface area contributed by atoms with E-state index in [4.69, 9.17) is 12.2 Å². The van der Waals surface area contributed by atoms with Crippen LogP contribution in [0.1, 0.15) is 19.4 Å². The molecule has 0 aliphatic carbocycles. The second kappa shape index (κ2) is 6.35. The molecule has 0 aliphatic rings. The summed E-state index contributed by atoms with van der Waals surface area (Å²) in [5.41, 5.74) is 1.18. The molecule has 1 rings (SSSR count). The van der Waals surface area contributed by atoms with E-state index < -0.39 is 0 Å². The molecule has 0 spiro atoms. The molecule has 0 aromatic carbocycles. The molecule has 3 nitrogen and oxygen atoms in total. The lowest BCUT2D eigenvalue weighted by Gasteiger charge is -2.11. The van der Waals surface area contributed by atoms with Gasteiger partial charge in [-0.05, 0) is 35.8 Å². The maximum atomic E-state index is 5.13. The zero-order valence-electron chi connectivity index (χ0n) is 9.16. The van der Waals surface area contributed by atoms with Gasteiger partial charge in [0.25, 0.3) is 0 Å². The van der Waals surface area contributed by atoms with Crippen LogP contribution in [0.5, 0.6) is 0 Å². The molecule has 0 saturated heterocycles. The van der Waals surface area contributed by atoms with Crippen molar-refractivity contribution in [3.05, 3.63) is 30.1 Å². The van der Waals surface area contributed by atoms with Crippen LogP contribution < -0.4 is 10.6 Å². The second-order valence-electron chi connectivity index (χ2n) is 3.81. The second-order valence-corrected chi connectivity index (χ2v) is 4.22. The molecule has 4 heteroatoms. The molecule has 0 aliphatic heterocycles. The summed E-state index contributed by atoms with van der Waals surface area (Å²) in [5.74, 6) is 0.602. The summed E-state index contributed by atoms with van der Waals surface area (Å²) in [6.45, 7) is 5.95. The van der Waals surface area contributed by atoms with Crippen molar-refractivity contribution < 1.29 is 0 Å². The Morgan fingerprint density at radius 3 is 2.60 bits per heavy atom. The minimum atomic E-state index is 0.602. The van der Waals surface area contributed by atoms with Crippen molar-refractivity contribution in [2.75, 3.05) is 6.54 Å². The minimum absolute atomic E-state index is 0.602. The van der Waals surface area contributed by atoms with Crippen molar-refractivity contribution in [1.82, 2.24) is 15.6 Å². The Bertz CT molecular complexity index is 298. The van der Waals surface area contributed by atoms with Crippen molar-refractivity contribution in [1.29, 1.82) is 0 Å². The van der Waals surface area contributed by atoms with Gasteiger partial charge in [0.2, 0.25) is 0 Å². The number of hydrogen-bond donors (Lipinski definition) is 2. The summed E-state index contributed by atoms with van der Waals surface area (Å²) in [7, 11) is 0. The topological polar surface area (TPSA) is 37.0 Å². The Balaban J connectivity index is 2.23. The highest BCUT2D eigenvalue weighted by Gasteiger charge is 1.97. The molecule has 1 heterocycles. The fourth-order valence-electron chi connectivity index (χ4n) is 1.04. The van der Waals surface area contributed by atoms with Crippen molar-refractivity contribution in [3.63, 3.8) is 0 Å². The van der Waals surface area contributed by atoms with Gasteiger partial charge in [0.15, 0.2) is 5.11 Å². The van der Waals surface area contributed by atoms with Crippen LogP contribution in [0.25, 0.3) is 0 Å². The molecule has 0 unspecified atom stereocenters. The van der Waals surface area contributed by atoms with Crippen LogP contribution in [-0.4, -0.2) is 16.6 Å². The van der Waals surface area contributed by atoms with E-state index in [2.05, 4.69) is 29.5 Å². The molecular weight excluding hydrogens is 206 g/mol. The van der Waals surface area contributed by atoms with Crippen molar-refractivity contribution in [3.8, 4) is 0 Å². The van der Waals surface area contributed by atoms with Crippen molar-refractivity contribution in [2.24, 2.45) is 5.92 Å². The van der Waals surface area contributed by atoms with Gasteiger partial charge in [-0.3, -0.25) is 4.98 Å². The van der Waals surface area contributed by atoms with E-state index in [1.165, 1.54) is 5.56 Å². The highest BCUT2D eigenvalue weighted by molar-refractivity contribution is 7.80. The summed E-state index contributed by atoms with van der Waals surface area (Å²) in [6, 6.07) is 3.94. The lowest BCUT2D eigenvalue weighted by Crippen LogP contribution is -2.36. The number of pyridine rings is 1. The van der Waals surface area contributed by atoms with Crippen LogP contribution >= 0.6 is 12.2 Å². The van der Waals surface area contributed by atoms with Gasteiger partial charge in [0.1, 0.15) is 0 Å². The average molecular weight is 223 g/mol. The first-order chi connectivity index (χ1) is 7.18. The lowest BCUT2D eigenvalue weighted by atomic mass is 10.2. The van der Waals surface area contributed by atoms with Gasteiger partial charge in [-0.25, -0.2) is 0 Å². The van der Waals surface area contributed by atoms with Crippen LogP contribution in [0.15, 0.2) is 24.5 Å². The average Bonchev–Trinajstić information content (AvgIpc) is 2.25. The summed E-state index contributed by atoms with van der Waals surface area (Å²) in [4.78, 5) is 3.96. The predicted molar refractivity (Wildman–Crippen MR) is 66.5 cm³/mol. The molecule has 0 saturated carbocycles. The Hall–Kier alpha value is -1.16. The first-order valence-corrected chi connectivity index (χ1v) is 5.50. The van der Waals surface area contributed by atoms with Gasteiger partial charge in [0.05, 0.1) is 0 Å². The number of nitrogens with zero attached hydrogens (tertiary/aromatic N) is 1. The number of nitrogens with one attached hydrogen (secondary N) is 2. The fourth-order valence-corrected chi connectivity index (χ4v) is 1.20. The highest BCUT2D eigenvalue weighted by atomic mass is 32.1. The number of rotatable bonds is 4. The van der Waals surface area contributed by atoms with Crippen LogP contribution in [0.4, 0.5) is 0 Å². The third-order valence-corrected chi connectivity index (χ3v) is 2.16. The summed E-state index contributed by atoms with van der Waals surface area (Å²) in [5, 5.41) is 7.01. The monoisotopic (exact) mass is 223 g/mol. The van der Waals surface area contributed by atoms with E-state index in [1.807, 2.05) is 12.1 Å². The predicted octanol–water partition coefficient (Wildman–Crippen LogP) is 1.70. The Morgan fingerprint density at radius 2 is 2.00 bits per heavy atom. The quantitative estimate of drug-likeness (QED) is 0.762. The molecule has 0 bridgehead atoms. The number of aromatic nitrogens is 1. The number of hydrogen-bond acceptors (Lipinski definition) is 2. The Morgan fingerprint density at radius 1 is 1.33 bits per heavy atom. The zero-order chi connectivity index (χ0) is 11.1. The summed E-state index contributed by atoms with van der Waals surface area (Å²) >= 11 is 5.13. The summed E-state index contributed by atoms with van der Waals surface area (Å²) < 4.78 is 0. The fraction of sp³-hybridized carbons (Fsp3) is 0.455. The third kappa shape index (κ3) is 5.32. The van der Waals surface area contributed by atoms with Crippen LogP contribution in [0.2, 0.25) is 0 Å². The summed E-state index contributed by atoms with van der Waals surface area (Å²) in [6.07, 6.45) is 3.56. The molecule has 0 fully saturated rings. The van der Waals surface area contributed by atoms with E-state index >= 15 is 0 Å². The smallest absolute Gasteiger partial charge is 0.166 e. The van der Waals surface area contributed by atoms with Gasteiger partial charge < -0.3 is 10.6 Å². The van der Waals surface area contributed by atoms with Crippen LogP contribution in [0.3, 0.4) is 0 Å². The van der Waals surface area contributed by atoms with E-state index in [9.17, 15) is 0 Å². The van der Waals surface area contributed by atoms with Crippen molar-refractivity contribution >= 4 is 17.3 Å². The third-order valence-electron chi connectivity index (χ3n) is 1.87. The number of thiocarbonyl (C=S) groups is 1. The van der Waals surface area contributed by atoms with E-state index in [1.54, 1.807) is 12.4 Å². The van der Waals surface area contributed by atoms with Crippen molar-refractivity contribution in [2.45, 2.75) is 20.4 Å². The minimum Gasteiger partial charge on any atom is -0.362 e. The normalized spacial score (nSPS) is 10.1. The Labute approximate surface area is 96.3 Å². The van der Waals surface area contributed by atoms with Gasteiger partial charge in [0, 0.05) is 25.5 Å². The largest absolute Gasteiger partial charge is 0.362 e. The molecule has 15 heavy (non-hydrogen) atoms. The highest BCUT2D eigenvalue weighted by Crippen LogP contribution is 1.94. The van der Waals surface area contributed by atoms with Crippen LogP contribution in [0, 0.1) is 5.92 Å². The van der Waals surface area contributed by atoms with E-state index in [0.717, 1.165) is 13.1 Å². The maximum Gasteiger partial charge on any atom is 0.166 e. The molecule has 82 valence electrons. The molecule has 2 N–H and O–H groups in total. The zero-order valence-corrected chi connectivity index (χ0v) is 9.97. The molecule has 0 atom stereocenters. The molecular formula is C11H17N3S. The first kappa shape index (κ1) is 11.9. The van der Waals surface area contributed by atoms with Gasteiger partial charge in [-0.1, -0.05) is 13.8 Å². The first-order valence-electron chi connectivity index (χ1n) is 5.09. The lowest BCUT2D eigenvalue weighted by molar-refractivity contribution is 0.619. The maximum absolute atomic E-state index is 5.13. The molecule has 0 radical (unpaired) electrons. The molecule has 1 aromatic heterocycles. The van der Waals surface area contributed by atoms with Gasteiger partial charge in [-0.15, -0.1) is 0 Å². The van der Waals surface area contributed by atoms with Crippen LogP contribution in [-0.2, 0) is 6.54 Å². The van der Waals surface area contributed by atoms with E-state index in [0.29, 0.717) is 11.0 Å². The van der Waals surface area contributed by atoms with E-state index in [-0.39, 0.29) is 0 Å². The van der Waals surface area contributed by atoms with Gasteiger partial charge >= 0.3 is 0 Å². The van der Waals surface area contributed by atoms with Gasteiger partial charge in [-0.2, -0.15) is 0 Å².